The fourth-order valence-electron chi connectivity index (χ4n) is 3.10. The molecule has 2 aliphatic carbocycles. The van der Waals surface area contributed by atoms with Gasteiger partial charge >= 0.3 is 0 Å². The van der Waals surface area contributed by atoms with Crippen LogP contribution in [0.15, 0.2) is 45.8 Å². The van der Waals surface area contributed by atoms with Crippen LogP contribution in [0, 0.1) is 0 Å². The van der Waals surface area contributed by atoms with Gasteiger partial charge in [0.05, 0.1) is 0 Å². The third-order valence-corrected chi connectivity index (χ3v) is 4.87. The lowest BCUT2D eigenvalue weighted by Gasteiger charge is -2.22. The highest BCUT2D eigenvalue weighted by Gasteiger charge is 2.10. The Morgan fingerprint density at radius 1 is 0.615 bits per heavy atom. The van der Waals surface area contributed by atoms with Crippen molar-refractivity contribution in [2.75, 3.05) is 28.2 Å². The third-order valence-electron chi connectivity index (χ3n) is 4.87. The Hall–Kier alpha value is -1.44. The second kappa shape index (κ2) is 12.8. The predicted octanol–water partition coefficient (Wildman–Crippen LogP) is 7.18. The van der Waals surface area contributed by atoms with Gasteiger partial charge in [0, 0.05) is 39.6 Å². The van der Waals surface area contributed by atoms with Gasteiger partial charge in [-0.2, -0.15) is 0 Å². The van der Waals surface area contributed by atoms with E-state index in [1.807, 2.05) is 0 Å². The van der Waals surface area contributed by atoms with Gasteiger partial charge in [0.1, 0.15) is 0 Å². The minimum absolute atomic E-state index is 0. The maximum absolute atomic E-state index is 2.35. The fourth-order valence-corrected chi connectivity index (χ4v) is 3.10. The third kappa shape index (κ3) is 8.78. The molecule has 2 aliphatic rings. The molecule has 0 bridgehead atoms. The molecule has 0 heterocycles. The van der Waals surface area contributed by atoms with Gasteiger partial charge in [-0.05, 0) is 89.5 Å². The maximum Gasteiger partial charge on any atom is 0.0130 e. The summed E-state index contributed by atoms with van der Waals surface area (Å²) < 4.78 is 0. The molecule has 0 atom stereocenters. The monoisotopic (exact) mass is 362 g/mol. The molecular formula is C24H46N2. The zero-order chi connectivity index (χ0) is 18.3. The predicted molar refractivity (Wildman–Crippen MR) is 121 cm³/mol. The lowest BCUT2D eigenvalue weighted by atomic mass is 9.96. The normalized spacial score (nSPS) is 16.0. The average Bonchev–Trinajstić information content (AvgIpc) is 2.55. The number of rotatable bonds is 2. The number of hydrogen-bond donors (Lipinski definition) is 0. The van der Waals surface area contributed by atoms with E-state index in [0.717, 1.165) is 0 Å². The lowest BCUT2D eigenvalue weighted by Crippen LogP contribution is -2.13. The molecule has 0 N–H and O–H groups in total. The van der Waals surface area contributed by atoms with Crippen molar-refractivity contribution in [2.45, 2.75) is 81.1 Å². The van der Waals surface area contributed by atoms with E-state index in [1.165, 1.54) is 72.2 Å². The molecule has 0 radical (unpaired) electrons. The first-order valence-electron chi connectivity index (χ1n) is 9.30. The maximum atomic E-state index is 2.35. The molecule has 0 aromatic rings. The van der Waals surface area contributed by atoms with Gasteiger partial charge in [0.15, 0.2) is 0 Å². The van der Waals surface area contributed by atoms with Crippen molar-refractivity contribution in [1.29, 1.82) is 0 Å². The second-order valence-corrected chi connectivity index (χ2v) is 7.82. The molecule has 0 unspecified atom stereocenters. The van der Waals surface area contributed by atoms with Crippen LogP contribution < -0.4 is 0 Å². The largest absolute Gasteiger partial charge is 0.381 e. The Bertz CT molecular complexity index is 485. The molecule has 2 rings (SSSR count). The minimum Gasteiger partial charge on any atom is -0.381 e. The smallest absolute Gasteiger partial charge is 0.0130 e. The molecule has 0 saturated heterocycles. The molecule has 0 aromatic heterocycles. The summed E-state index contributed by atoms with van der Waals surface area (Å²) >= 11 is 0. The first kappa shape index (κ1) is 26.8. The Labute approximate surface area is 165 Å². The van der Waals surface area contributed by atoms with Crippen LogP contribution >= 0.6 is 0 Å². The molecule has 2 heteroatoms. The van der Waals surface area contributed by atoms with Crippen LogP contribution in [-0.2, 0) is 0 Å². The molecular weight excluding hydrogens is 316 g/mol. The van der Waals surface area contributed by atoms with Crippen molar-refractivity contribution in [1.82, 2.24) is 9.80 Å². The van der Waals surface area contributed by atoms with Gasteiger partial charge < -0.3 is 9.80 Å². The van der Waals surface area contributed by atoms with Crippen LogP contribution in [0.5, 0.6) is 0 Å². The first-order valence-corrected chi connectivity index (χ1v) is 9.30. The average molecular weight is 363 g/mol. The summed E-state index contributed by atoms with van der Waals surface area (Å²) in [6, 6.07) is 0. The van der Waals surface area contributed by atoms with E-state index in [-0.39, 0.29) is 14.9 Å². The Kier molecular flexibility index (Phi) is 13.2. The summed E-state index contributed by atoms with van der Waals surface area (Å²) in [5, 5.41) is 0. The highest BCUT2D eigenvalue weighted by molar-refractivity contribution is 5.30. The molecule has 26 heavy (non-hydrogen) atoms. The summed E-state index contributed by atoms with van der Waals surface area (Å²) in [5.41, 5.74) is 8.94. The van der Waals surface area contributed by atoms with Crippen molar-refractivity contribution in [3.8, 4) is 0 Å². The van der Waals surface area contributed by atoms with Crippen LogP contribution in [0.1, 0.15) is 81.1 Å². The quantitative estimate of drug-likeness (QED) is 0.513. The topological polar surface area (TPSA) is 6.48 Å². The van der Waals surface area contributed by atoms with Gasteiger partial charge in [0.25, 0.3) is 0 Å². The molecule has 2 nitrogen and oxygen atoms in total. The van der Waals surface area contributed by atoms with E-state index in [0.29, 0.717) is 0 Å². The summed E-state index contributed by atoms with van der Waals surface area (Å²) in [5.74, 6) is 0. The fraction of sp³-hybridized carbons (Fsp3) is 0.667. The Morgan fingerprint density at radius 2 is 0.923 bits per heavy atom. The molecule has 0 aliphatic heterocycles. The van der Waals surface area contributed by atoms with Crippen LogP contribution in [0.25, 0.3) is 0 Å². The van der Waals surface area contributed by atoms with Crippen LogP contribution in [0.2, 0.25) is 0 Å². The molecule has 0 aromatic carbocycles. The second-order valence-electron chi connectivity index (χ2n) is 7.82. The summed E-state index contributed by atoms with van der Waals surface area (Å²) in [6.07, 6.45) is 12.3. The molecule has 0 saturated carbocycles. The van der Waals surface area contributed by atoms with E-state index in [2.05, 4.69) is 77.8 Å². The minimum atomic E-state index is 0. The summed E-state index contributed by atoms with van der Waals surface area (Å²) in [7, 11) is 8.50. The van der Waals surface area contributed by atoms with Gasteiger partial charge in [0.2, 0.25) is 0 Å². The van der Waals surface area contributed by atoms with Crippen molar-refractivity contribution in [3.63, 3.8) is 0 Å². The van der Waals surface area contributed by atoms with Crippen molar-refractivity contribution in [2.24, 2.45) is 0 Å². The van der Waals surface area contributed by atoms with E-state index >= 15 is 0 Å². The molecule has 152 valence electrons. The van der Waals surface area contributed by atoms with Crippen LogP contribution in [0.3, 0.4) is 0 Å². The van der Waals surface area contributed by atoms with Crippen molar-refractivity contribution < 1.29 is 0 Å². The molecule has 0 fully saturated rings. The Morgan fingerprint density at radius 3 is 1.15 bits per heavy atom. The van der Waals surface area contributed by atoms with Gasteiger partial charge in [-0.25, -0.2) is 0 Å². The first-order chi connectivity index (χ1) is 11.2. The summed E-state index contributed by atoms with van der Waals surface area (Å²) in [4.78, 5) is 4.45. The molecule has 0 spiro atoms. The summed E-state index contributed by atoms with van der Waals surface area (Å²) in [6.45, 7) is 8.80. The Balaban J connectivity index is 0. The number of hydrogen-bond acceptors (Lipinski definition) is 2. The highest BCUT2D eigenvalue weighted by Crippen LogP contribution is 2.26. The van der Waals surface area contributed by atoms with Gasteiger partial charge in [-0.15, -0.1) is 0 Å². The zero-order valence-electron chi connectivity index (χ0n) is 17.3. The lowest BCUT2D eigenvalue weighted by molar-refractivity contribution is 0.472. The molecule has 0 amide bonds. The highest BCUT2D eigenvalue weighted by atomic mass is 15.1. The van der Waals surface area contributed by atoms with Crippen molar-refractivity contribution in [3.05, 3.63) is 45.8 Å². The van der Waals surface area contributed by atoms with Crippen LogP contribution in [-0.4, -0.2) is 38.0 Å². The van der Waals surface area contributed by atoms with E-state index in [4.69, 9.17) is 0 Å². The SMILES string of the molecule is C.C.CC(C)=C1C=C(N(C)C)CCC1.CC(C)=C1C=C(N(C)C)CCC1. The number of nitrogens with zero attached hydrogens (tertiary/aromatic N) is 2. The zero-order valence-corrected chi connectivity index (χ0v) is 17.3. The standard InChI is InChI=1S/2C11H19N.2CH4/c2*1-9(2)10-6-5-7-11(8-10)12(3)4;;/h2*8H,5-7H2,1-4H3;2*1H4. The van der Waals surface area contributed by atoms with Crippen LogP contribution in [0.4, 0.5) is 0 Å². The van der Waals surface area contributed by atoms with E-state index in [9.17, 15) is 0 Å². The van der Waals surface area contributed by atoms with E-state index < -0.39 is 0 Å². The van der Waals surface area contributed by atoms with Crippen molar-refractivity contribution >= 4 is 0 Å². The number of allylic oxidation sites excluding steroid dienone is 8. The van der Waals surface area contributed by atoms with Gasteiger partial charge in [-0.1, -0.05) is 26.0 Å². The van der Waals surface area contributed by atoms with Gasteiger partial charge in [-0.3, -0.25) is 0 Å². The van der Waals surface area contributed by atoms with E-state index in [1.54, 1.807) is 0 Å².